The van der Waals surface area contributed by atoms with Crippen LogP contribution in [0.1, 0.15) is 35.1 Å². The van der Waals surface area contributed by atoms with Gasteiger partial charge in [-0.25, -0.2) is 18.7 Å². The monoisotopic (exact) mass is 886 g/mol. The average molecular weight is 888 g/mol. The van der Waals surface area contributed by atoms with Crippen LogP contribution in [-0.4, -0.2) is 61.2 Å². The van der Waals surface area contributed by atoms with Crippen LogP contribution in [0.3, 0.4) is 0 Å². The van der Waals surface area contributed by atoms with Crippen LogP contribution >= 0.6 is 35.6 Å². The number of methoxy groups -OCH3 is 2. The highest BCUT2D eigenvalue weighted by atomic mass is 35.5. The number of hydrogen-bond acceptors (Lipinski definition) is 8. The van der Waals surface area contributed by atoms with Gasteiger partial charge in [-0.2, -0.15) is 0 Å². The Morgan fingerprint density at radius 1 is 0.656 bits per heavy atom. The summed E-state index contributed by atoms with van der Waals surface area (Å²) in [5, 5.41) is 1.05. The molecule has 2 amide bonds. The van der Waals surface area contributed by atoms with E-state index < -0.39 is 0 Å². The van der Waals surface area contributed by atoms with E-state index in [2.05, 4.69) is 9.97 Å². The van der Waals surface area contributed by atoms with E-state index in [9.17, 15) is 9.59 Å². The van der Waals surface area contributed by atoms with Crippen molar-refractivity contribution in [3.63, 3.8) is 0 Å². The van der Waals surface area contributed by atoms with Gasteiger partial charge in [-0.1, -0.05) is 71.7 Å². The lowest BCUT2D eigenvalue weighted by molar-refractivity contribution is -0.121. The first-order chi connectivity index (χ1) is 28.9. The molecule has 4 heterocycles. The second-order valence-electron chi connectivity index (χ2n) is 14.5. The number of rotatable bonds is 12. The van der Waals surface area contributed by atoms with Crippen LogP contribution in [0.5, 0.6) is 11.5 Å². The van der Waals surface area contributed by atoms with Crippen molar-refractivity contribution in [2.24, 2.45) is 11.5 Å². The summed E-state index contributed by atoms with van der Waals surface area (Å²) < 4.78 is 41.6. The molecule has 2 fully saturated rings. The molecule has 0 saturated carbocycles. The maximum atomic E-state index is 15.4. The van der Waals surface area contributed by atoms with E-state index in [0.717, 1.165) is 37.1 Å². The molecule has 2 aromatic heterocycles. The summed E-state index contributed by atoms with van der Waals surface area (Å²) in [6.07, 6.45) is 5.62. The first-order valence-electron chi connectivity index (χ1n) is 19.2. The third kappa shape index (κ3) is 9.83. The first-order valence-corrected chi connectivity index (χ1v) is 20.0. The van der Waals surface area contributed by atoms with Crippen LogP contribution in [-0.2, 0) is 22.4 Å². The van der Waals surface area contributed by atoms with E-state index in [4.69, 9.17) is 44.1 Å². The van der Waals surface area contributed by atoms with Crippen molar-refractivity contribution in [3.8, 4) is 33.8 Å². The van der Waals surface area contributed by atoms with Gasteiger partial charge in [0.05, 0.1) is 25.3 Å². The van der Waals surface area contributed by atoms with Crippen molar-refractivity contribution in [1.29, 1.82) is 0 Å². The number of aromatic nitrogens is 2. The smallest absolute Gasteiger partial charge is 0.240 e. The number of nitrogens with two attached hydrogens (primary N) is 2. The molecule has 4 N–H and O–H groups in total. The number of ether oxygens (including phenoxy) is 2. The van der Waals surface area contributed by atoms with E-state index in [0.29, 0.717) is 79.4 Å². The molecule has 316 valence electrons. The molecule has 4 aromatic carbocycles. The molecule has 0 unspecified atom stereocenters. The normalized spacial score (nSPS) is 15.3. The Kier molecular flexibility index (Phi) is 14.3. The zero-order chi connectivity index (χ0) is 42.5. The van der Waals surface area contributed by atoms with Gasteiger partial charge in [-0.15, -0.1) is 12.4 Å². The zero-order valence-electron chi connectivity index (χ0n) is 33.3. The summed E-state index contributed by atoms with van der Waals surface area (Å²) in [7, 11) is 3.03. The predicted octanol–water partition coefficient (Wildman–Crippen LogP) is 8.83. The largest absolute Gasteiger partial charge is 0.496 e. The third-order valence-electron chi connectivity index (χ3n) is 10.7. The van der Waals surface area contributed by atoms with Gasteiger partial charge in [-0.3, -0.25) is 9.59 Å². The Labute approximate surface area is 368 Å². The van der Waals surface area contributed by atoms with Crippen molar-refractivity contribution in [1.82, 2.24) is 9.97 Å². The number of pyridine rings is 2. The molecule has 2 saturated heterocycles. The number of halogens is 5. The second kappa shape index (κ2) is 19.6. The summed E-state index contributed by atoms with van der Waals surface area (Å²) in [5.74, 6) is 0.896. The lowest BCUT2D eigenvalue weighted by Gasteiger charge is -2.39. The van der Waals surface area contributed by atoms with Crippen LogP contribution in [0, 0.1) is 11.6 Å². The Balaban J connectivity index is 0.000000201. The molecule has 8 rings (SSSR count). The number of hydrogen-bond donors (Lipinski definition) is 2. The fraction of sp³-hybridized carbons (Fsp3) is 0.217. The van der Waals surface area contributed by atoms with Gasteiger partial charge in [0.2, 0.25) is 11.8 Å². The van der Waals surface area contributed by atoms with E-state index in [1.54, 1.807) is 85.2 Å². The number of anilines is 2. The fourth-order valence-electron chi connectivity index (χ4n) is 7.38. The molecule has 0 bridgehead atoms. The van der Waals surface area contributed by atoms with Gasteiger partial charge in [0.15, 0.2) is 0 Å². The molecule has 6 aromatic rings. The van der Waals surface area contributed by atoms with E-state index in [1.807, 2.05) is 34.1 Å². The lowest BCUT2D eigenvalue weighted by atomic mass is 9.97. The molecule has 0 radical (unpaired) electrons. The van der Waals surface area contributed by atoms with Crippen LogP contribution < -0.4 is 30.7 Å². The highest BCUT2D eigenvalue weighted by Gasteiger charge is 2.34. The molecule has 15 heteroatoms. The minimum Gasteiger partial charge on any atom is -0.496 e. The lowest BCUT2D eigenvalue weighted by Crippen LogP contribution is -2.55. The van der Waals surface area contributed by atoms with E-state index in [1.165, 1.54) is 14.2 Å². The Bertz CT molecular complexity index is 2360. The highest BCUT2D eigenvalue weighted by Crippen LogP contribution is 2.38. The number of carbonyl (C=O) groups excluding carboxylic acids is 2. The highest BCUT2D eigenvalue weighted by molar-refractivity contribution is 6.31. The SMILES string of the molecule is COc1ccc(Cc2ccc(N3CC[C@H]3C(N)=O)nc2)c(F)c1-c1cccc(Cl)c1.COc1ccc(Cc2ccc(N3CC[C@H]3C(N)=O)nc2)c(F)c1-c1cccc(Cl)c1.Cl. The predicted molar refractivity (Wildman–Crippen MR) is 238 cm³/mol. The van der Waals surface area contributed by atoms with Crippen molar-refractivity contribution >= 4 is 59.1 Å². The molecular weight excluding hydrogens is 845 g/mol. The minimum atomic E-state index is -0.350. The van der Waals surface area contributed by atoms with Gasteiger partial charge in [-0.05, 0) is 94.8 Å². The standard InChI is InChI=1S/2C23H21ClFN3O2.ClH/c2*1-30-19-7-6-16(22(25)21(19)15-3-2-4-17(24)12-15)11-14-5-8-20(27-13-14)28-10-9-18(28)23(26)29;/h2*2-8,12-13,18H,9-11H2,1H3,(H2,26,29);1H/t2*18-;/m00./s1. The topological polar surface area (TPSA) is 137 Å². The van der Waals surface area contributed by atoms with Crippen molar-refractivity contribution in [3.05, 3.63) is 153 Å². The zero-order valence-corrected chi connectivity index (χ0v) is 35.6. The Hall–Kier alpha value is -5.95. The van der Waals surface area contributed by atoms with Gasteiger partial charge >= 0.3 is 0 Å². The van der Waals surface area contributed by atoms with Crippen LogP contribution in [0.4, 0.5) is 20.4 Å². The molecule has 61 heavy (non-hydrogen) atoms. The molecule has 10 nitrogen and oxygen atoms in total. The van der Waals surface area contributed by atoms with Gasteiger partial charge in [0.25, 0.3) is 0 Å². The van der Waals surface area contributed by atoms with E-state index in [-0.39, 0.29) is 47.9 Å². The number of primary amides is 2. The minimum absolute atomic E-state index is 0. The fourth-order valence-corrected chi connectivity index (χ4v) is 7.76. The third-order valence-corrected chi connectivity index (χ3v) is 11.2. The summed E-state index contributed by atoms with van der Waals surface area (Å²) in [6.45, 7) is 1.49. The Morgan fingerprint density at radius 3 is 1.36 bits per heavy atom. The van der Waals surface area contributed by atoms with Crippen molar-refractivity contribution in [2.75, 3.05) is 37.1 Å². The van der Waals surface area contributed by atoms with Crippen molar-refractivity contribution in [2.45, 2.75) is 37.8 Å². The maximum Gasteiger partial charge on any atom is 0.240 e. The van der Waals surface area contributed by atoms with Gasteiger partial charge in [0, 0.05) is 48.4 Å². The molecule has 2 atom stereocenters. The van der Waals surface area contributed by atoms with Gasteiger partial charge < -0.3 is 30.7 Å². The molecular formula is C46H43Cl3F2N6O4. The molecule has 0 aliphatic carbocycles. The summed E-state index contributed by atoms with van der Waals surface area (Å²) >= 11 is 12.2. The molecule has 0 spiro atoms. The van der Waals surface area contributed by atoms with Crippen LogP contribution in [0.2, 0.25) is 10.0 Å². The number of carbonyl (C=O) groups is 2. The quantitative estimate of drug-likeness (QED) is 0.125. The Morgan fingerprint density at radius 2 is 1.07 bits per heavy atom. The van der Waals surface area contributed by atoms with Crippen LogP contribution in [0.25, 0.3) is 22.3 Å². The average Bonchev–Trinajstić information content (AvgIpc) is 3.19. The summed E-state index contributed by atoms with van der Waals surface area (Å²) in [4.78, 5) is 35.5. The number of benzene rings is 4. The summed E-state index contributed by atoms with van der Waals surface area (Å²) in [5.41, 5.74) is 15.6. The number of nitrogens with zero attached hydrogens (tertiary/aromatic N) is 4. The van der Waals surface area contributed by atoms with Crippen molar-refractivity contribution < 1.29 is 27.8 Å². The van der Waals surface area contributed by atoms with Crippen LogP contribution in [0.15, 0.2) is 109 Å². The van der Waals surface area contributed by atoms with E-state index >= 15 is 8.78 Å². The summed E-state index contributed by atoms with van der Waals surface area (Å²) in [6, 6.07) is 27.9. The first kappa shape index (κ1) is 44.6. The molecule has 2 aliphatic heterocycles. The van der Waals surface area contributed by atoms with Gasteiger partial charge in [0.1, 0.15) is 46.9 Å². The second-order valence-corrected chi connectivity index (χ2v) is 15.3. The maximum absolute atomic E-state index is 15.4. The number of amides is 2. The molecule has 2 aliphatic rings.